The average Bonchev–Trinajstić information content (AvgIpc) is 2.20. The maximum absolute atomic E-state index is 6.25. The normalized spacial score (nSPS) is 22.5. The molecule has 0 N–H and O–H groups in total. The van der Waals surface area contributed by atoms with Gasteiger partial charge < -0.3 is 0 Å². The Morgan fingerprint density at radius 3 is 2.62 bits per heavy atom. The van der Waals surface area contributed by atoms with Crippen LogP contribution in [0.15, 0.2) is 36.4 Å². The van der Waals surface area contributed by atoms with E-state index >= 15 is 0 Å². The van der Waals surface area contributed by atoms with Gasteiger partial charge in [-0.05, 0) is 30.4 Å². The Morgan fingerprint density at radius 2 is 1.92 bits per heavy atom. The van der Waals surface area contributed by atoms with Crippen molar-refractivity contribution < 1.29 is 0 Å². The molecule has 0 bridgehead atoms. The van der Waals surface area contributed by atoms with Crippen LogP contribution in [0.3, 0.4) is 0 Å². The van der Waals surface area contributed by atoms with E-state index in [-0.39, 0.29) is 5.38 Å². The van der Waals surface area contributed by atoms with Crippen LogP contribution in [0, 0.1) is 0 Å². The Labute approximate surface area is 84.2 Å². The second-order valence-electron chi connectivity index (χ2n) is 3.42. The van der Waals surface area contributed by atoms with E-state index in [2.05, 4.69) is 30.3 Å². The van der Waals surface area contributed by atoms with Crippen molar-refractivity contribution in [1.82, 2.24) is 0 Å². The van der Waals surface area contributed by atoms with Crippen molar-refractivity contribution >= 4 is 17.2 Å². The first-order valence-corrected chi connectivity index (χ1v) is 5.21. The first-order valence-electron chi connectivity index (χ1n) is 4.77. The van der Waals surface area contributed by atoms with Crippen LogP contribution in [-0.2, 0) is 0 Å². The van der Waals surface area contributed by atoms with Crippen LogP contribution >= 0.6 is 11.6 Å². The molecule has 0 spiro atoms. The van der Waals surface area contributed by atoms with Crippen molar-refractivity contribution in [2.45, 2.75) is 24.6 Å². The Kier molecular flexibility index (Phi) is 2.70. The summed E-state index contributed by atoms with van der Waals surface area (Å²) in [6, 6.07) is 10.4. The van der Waals surface area contributed by atoms with Crippen LogP contribution in [0.5, 0.6) is 0 Å². The maximum atomic E-state index is 6.25. The van der Waals surface area contributed by atoms with Gasteiger partial charge in [-0.2, -0.15) is 0 Å². The fourth-order valence-electron chi connectivity index (χ4n) is 1.77. The van der Waals surface area contributed by atoms with Crippen LogP contribution in [0.1, 0.15) is 24.8 Å². The molecule has 0 saturated carbocycles. The lowest BCUT2D eigenvalue weighted by molar-refractivity contribution is 0.747. The van der Waals surface area contributed by atoms with E-state index in [0.29, 0.717) is 0 Å². The van der Waals surface area contributed by atoms with Crippen molar-refractivity contribution in [3.8, 4) is 0 Å². The van der Waals surface area contributed by atoms with Crippen molar-refractivity contribution in [3.63, 3.8) is 0 Å². The van der Waals surface area contributed by atoms with Gasteiger partial charge in [0, 0.05) is 0 Å². The number of hydrogen-bond acceptors (Lipinski definition) is 0. The molecule has 0 aliphatic heterocycles. The first kappa shape index (κ1) is 8.83. The minimum absolute atomic E-state index is 0.219. The number of allylic oxidation sites excluding steroid dienone is 2. The summed E-state index contributed by atoms with van der Waals surface area (Å²) >= 11 is 6.25. The summed E-state index contributed by atoms with van der Waals surface area (Å²) in [7, 11) is 0. The quantitative estimate of drug-likeness (QED) is 0.593. The average molecular weight is 193 g/mol. The van der Waals surface area contributed by atoms with E-state index in [1.165, 1.54) is 24.0 Å². The van der Waals surface area contributed by atoms with Crippen LogP contribution < -0.4 is 0 Å². The van der Waals surface area contributed by atoms with Gasteiger partial charge in [0.1, 0.15) is 0 Å². The number of rotatable bonds is 1. The molecule has 1 unspecified atom stereocenters. The van der Waals surface area contributed by atoms with Crippen LogP contribution in [0.2, 0.25) is 0 Å². The fraction of sp³-hybridized carbons (Fsp3) is 0.333. The van der Waals surface area contributed by atoms with E-state index in [9.17, 15) is 0 Å². The molecule has 13 heavy (non-hydrogen) atoms. The zero-order chi connectivity index (χ0) is 9.10. The third-order valence-electron chi connectivity index (χ3n) is 2.47. The van der Waals surface area contributed by atoms with E-state index in [1.807, 2.05) is 6.07 Å². The van der Waals surface area contributed by atoms with E-state index in [4.69, 9.17) is 11.6 Å². The molecule has 0 heterocycles. The highest BCUT2D eigenvalue weighted by molar-refractivity contribution is 6.26. The summed E-state index contributed by atoms with van der Waals surface area (Å²) in [4.78, 5) is 0. The Balaban J connectivity index is 2.30. The van der Waals surface area contributed by atoms with E-state index in [1.54, 1.807) is 0 Å². The van der Waals surface area contributed by atoms with E-state index < -0.39 is 0 Å². The molecule has 2 rings (SSSR count). The lowest BCUT2D eigenvalue weighted by atomic mass is 9.93. The smallest absolute Gasteiger partial charge is 0.0588 e. The van der Waals surface area contributed by atoms with Gasteiger partial charge in [0.25, 0.3) is 0 Å². The van der Waals surface area contributed by atoms with Gasteiger partial charge in [0.15, 0.2) is 0 Å². The molecule has 0 amide bonds. The van der Waals surface area contributed by atoms with Gasteiger partial charge in [-0.1, -0.05) is 36.4 Å². The third-order valence-corrected chi connectivity index (χ3v) is 2.92. The van der Waals surface area contributed by atoms with Gasteiger partial charge >= 0.3 is 0 Å². The predicted octanol–water partition coefficient (Wildman–Crippen LogP) is 3.86. The first-order chi connectivity index (χ1) is 6.38. The van der Waals surface area contributed by atoms with Gasteiger partial charge in [-0.15, -0.1) is 11.6 Å². The monoisotopic (exact) mass is 192 g/mol. The Bertz CT molecular complexity index is 300. The molecule has 1 atom stereocenters. The van der Waals surface area contributed by atoms with Crippen molar-refractivity contribution in [2.24, 2.45) is 0 Å². The molecule has 1 aliphatic rings. The molecular weight excluding hydrogens is 180 g/mol. The summed E-state index contributed by atoms with van der Waals surface area (Å²) < 4.78 is 0. The minimum atomic E-state index is 0.219. The molecule has 0 saturated heterocycles. The molecule has 0 aromatic heterocycles. The van der Waals surface area contributed by atoms with Gasteiger partial charge in [-0.25, -0.2) is 0 Å². The number of benzene rings is 1. The highest BCUT2D eigenvalue weighted by Crippen LogP contribution is 2.30. The second-order valence-corrected chi connectivity index (χ2v) is 3.95. The minimum Gasteiger partial charge on any atom is -0.118 e. The Morgan fingerprint density at radius 1 is 1.15 bits per heavy atom. The highest BCUT2D eigenvalue weighted by Gasteiger charge is 2.15. The highest BCUT2D eigenvalue weighted by atomic mass is 35.5. The zero-order valence-corrected chi connectivity index (χ0v) is 8.30. The topological polar surface area (TPSA) is 0 Å². The number of alkyl halides is 1. The lowest BCUT2D eigenvalue weighted by Crippen LogP contribution is -2.06. The van der Waals surface area contributed by atoms with E-state index in [0.717, 1.165) is 6.42 Å². The van der Waals surface area contributed by atoms with Crippen molar-refractivity contribution in [3.05, 3.63) is 42.0 Å². The molecule has 0 fully saturated rings. The molecule has 0 nitrogen and oxygen atoms in total. The van der Waals surface area contributed by atoms with Gasteiger partial charge in [-0.3, -0.25) is 0 Å². The maximum Gasteiger partial charge on any atom is 0.0588 e. The SMILES string of the molecule is ClC1CCCC=C1c1ccccc1. The molecule has 0 radical (unpaired) electrons. The summed E-state index contributed by atoms with van der Waals surface area (Å²) in [5, 5.41) is 0.219. The summed E-state index contributed by atoms with van der Waals surface area (Å²) in [5.41, 5.74) is 2.59. The second kappa shape index (κ2) is 3.97. The van der Waals surface area contributed by atoms with Crippen LogP contribution in [-0.4, -0.2) is 5.38 Å². The molecule has 68 valence electrons. The van der Waals surface area contributed by atoms with Crippen LogP contribution in [0.4, 0.5) is 0 Å². The third kappa shape index (κ3) is 1.94. The standard InChI is InChI=1S/C12H13Cl/c13-12-9-5-4-8-11(12)10-6-2-1-3-7-10/h1-3,6-8,12H,4-5,9H2. The molecule has 1 aromatic carbocycles. The number of halogens is 1. The zero-order valence-electron chi connectivity index (χ0n) is 7.54. The summed E-state index contributed by atoms with van der Waals surface area (Å²) in [6.07, 6.45) is 5.79. The number of hydrogen-bond donors (Lipinski definition) is 0. The lowest BCUT2D eigenvalue weighted by Gasteiger charge is -2.18. The summed E-state index contributed by atoms with van der Waals surface area (Å²) in [5.74, 6) is 0. The molecule has 1 aromatic rings. The predicted molar refractivity (Wildman–Crippen MR) is 57.9 cm³/mol. The van der Waals surface area contributed by atoms with Crippen LogP contribution in [0.25, 0.3) is 5.57 Å². The fourth-order valence-corrected chi connectivity index (χ4v) is 2.14. The van der Waals surface area contributed by atoms with Gasteiger partial charge in [0.05, 0.1) is 5.38 Å². The van der Waals surface area contributed by atoms with Crippen molar-refractivity contribution in [2.75, 3.05) is 0 Å². The van der Waals surface area contributed by atoms with Gasteiger partial charge in [0.2, 0.25) is 0 Å². The molecule has 1 aliphatic carbocycles. The molecule has 1 heteroatoms. The summed E-state index contributed by atoms with van der Waals surface area (Å²) in [6.45, 7) is 0. The molecular formula is C12H13Cl. The van der Waals surface area contributed by atoms with Crippen molar-refractivity contribution in [1.29, 1.82) is 0 Å². The largest absolute Gasteiger partial charge is 0.118 e. The Hall–Kier alpha value is -0.750.